The van der Waals surface area contributed by atoms with Crippen LogP contribution in [0.2, 0.25) is 0 Å². The quantitative estimate of drug-likeness (QED) is 0.720. The molecule has 0 bridgehead atoms. The summed E-state index contributed by atoms with van der Waals surface area (Å²) >= 11 is 0. The van der Waals surface area contributed by atoms with Gasteiger partial charge in [0, 0.05) is 17.8 Å². The summed E-state index contributed by atoms with van der Waals surface area (Å²) in [7, 11) is 0. The fraction of sp³-hybridized carbons (Fsp3) is 0.923. The molecule has 2 aliphatic rings. The van der Waals surface area contributed by atoms with E-state index in [-0.39, 0.29) is 6.42 Å². The minimum Gasteiger partial charge on any atom is -0.374 e. The monoisotopic (exact) mass is 215 g/mol. The molecule has 0 aromatic rings. The van der Waals surface area contributed by atoms with Crippen LogP contribution in [-0.2, 0) is 9.53 Å². The van der Waals surface area contributed by atoms with Gasteiger partial charge in [0.25, 0.3) is 0 Å². The lowest BCUT2D eigenvalue weighted by molar-refractivity contribution is -0.125. The number of carbonyl (C=O) groups excluding carboxylic acids is 1. The molecule has 2 heteroatoms. The van der Waals surface area contributed by atoms with E-state index >= 15 is 0 Å². The Morgan fingerprint density at radius 3 is 3.20 bits per heavy atom. The van der Waals surface area contributed by atoms with E-state index in [1.165, 1.54) is 0 Å². The summed E-state index contributed by atoms with van der Waals surface area (Å²) in [6, 6.07) is 0. The van der Waals surface area contributed by atoms with Crippen LogP contribution in [0.15, 0.2) is 0 Å². The molecule has 2 fully saturated rings. The second-order valence-corrected chi connectivity index (χ2v) is 4.46. The number of ketones is 1. The molecule has 2 nitrogen and oxygen atoms in total. The number of fused-ring (bicyclic) bond motifs is 1. The molecule has 1 saturated heterocycles. The van der Waals surface area contributed by atoms with Gasteiger partial charge in [-0.05, 0) is 32.0 Å². The van der Waals surface area contributed by atoms with Gasteiger partial charge >= 0.3 is 0 Å². The van der Waals surface area contributed by atoms with Crippen LogP contribution in [0.1, 0.15) is 59.2 Å². The van der Waals surface area contributed by atoms with Crippen molar-refractivity contribution in [1.82, 2.24) is 0 Å². The summed E-state index contributed by atoms with van der Waals surface area (Å²) in [5.74, 6) is -2.86. The van der Waals surface area contributed by atoms with Gasteiger partial charge in [0.05, 0.1) is 13.6 Å². The molecule has 86 valence electrons. The van der Waals surface area contributed by atoms with Crippen LogP contribution in [0, 0.1) is 11.8 Å². The highest BCUT2D eigenvalue weighted by Crippen LogP contribution is 2.43. The van der Waals surface area contributed by atoms with E-state index in [4.69, 9.17) is 11.6 Å². The van der Waals surface area contributed by atoms with Crippen molar-refractivity contribution in [2.75, 3.05) is 0 Å². The third-order valence-electron chi connectivity index (χ3n) is 3.39. The van der Waals surface area contributed by atoms with Crippen molar-refractivity contribution in [1.29, 1.82) is 0 Å². The third kappa shape index (κ3) is 2.10. The molecule has 0 aromatic heterocycles. The minimum atomic E-state index is -2.79. The van der Waals surface area contributed by atoms with Gasteiger partial charge in [-0.1, -0.05) is 19.8 Å². The van der Waals surface area contributed by atoms with E-state index in [1.807, 2.05) is 6.92 Å². The predicted molar refractivity (Wildman–Crippen MR) is 59.7 cm³/mol. The van der Waals surface area contributed by atoms with E-state index in [1.54, 1.807) is 0 Å². The number of hydrogen-bond donors (Lipinski definition) is 0. The van der Waals surface area contributed by atoms with Gasteiger partial charge in [0.1, 0.15) is 5.78 Å². The zero-order valence-electron chi connectivity index (χ0n) is 14.2. The van der Waals surface area contributed by atoms with Gasteiger partial charge in [-0.15, -0.1) is 0 Å². The number of ether oxygens (including phenoxy) is 1. The largest absolute Gasteiger partial charge is 0.374 e. The number of hydrogen-bond acceptors (Lipinski definition) is 2. The predicted octanol–water partition coefficient (Wildman–Crippen LogP) is 2.95. The fourth-order valence-electron chi connectivity index (χ4n) is 2.59. The van der Waals surface area contributed by atoms with Gasteiger partial charge in [-0.3, -0.25) is 4.79 Å². The lowest BCUT2D eigenvalue weighted by atomic mass is 9.83. The Balaban J connectivity index is 2.39. The first-order valence-corrected chi connectivity index (χ1v) is 5.89. The van der Waals surface area contributed by atoms with E-state index < -0.39 is 36.6 Å². The number of rotatable bonds is 4. The van der Waals surface area contributed by atoms with Crippen molar-refractivity contribution >= 4 is 5.78 Å². The molecule has 15 heavy (non-hydrogen) atoms. The standard InChI is InChI=1S/C13H22O2/c1-3-4-7-11(14)13-9(2)15-12-8-5-6-10(12)13/h9-10,12-13H,3-8H2,1-2H3/t9-,10-,12+,13+/m1/s1/i2D3,9D,13D. The maximum absolute atomic E-state index is 12.5. The zero-order valence-corrected chi connectivity index (χ0v) is 9.21. The second kappa shape index (κ2) is 4.65. The molecular weight excluding hydrogens is 188 g/mol. The Kier molecular flexibility index (Phi) is 1.98. The summed E-state index contributed by atoms with van der Waals surface area (Å²) in [5, 5.41) is 0. The summed E-state index contributed by atoms with van der Waals surface area (Å²) in [4.78, 5) is 12.5. The molecule has 1 aliphatic carbocycles. The van der Waals surface area contributed by atoms with Crippen molar-refractivity contribution in [3.05, 3.63) is 0 Å². The van der Waals surface area contributed by atoms with Crippen LogP contribution in [0.5, 0.6) is 0 Å². The smallest absolute Gasteiger partial charge is 0.138 e. The highest BCUT2D eigenvalue weighted by Gasteiger charge is 2.47. The van der Waals surface area contributed by atoms with E-state index in [9.17, 15) is 4.79 Å². The second-order valence-electron chi connectivity index (χ2n) is 4.46. The molecule has 1 saturated carbocycles. The Morgan fingerprint density at radius 1 is 1.60 bits per heavy atom. The summed E-state index contributed by atoms with van der Waals surface area (Å²) in [5.41, 5.74) is 0. The van der Waals surface area contributed by atoms with Crippen LogP contribution in [0.25, 0.3) is 0 Å². The Bertz CT molecular complexity index is 397. The normalized spacial score (nSPS) is 54.9. The summed E-state index contributed by atoms with van der Waals surface area (Å²) in [6.07, 6.45) is 0.781. The Morgan fingerprint density at radius 2 is 2.47 bits per heavy atom. The van der Waals surface area contributed by atoms with Crippen molar-refractivity contribution in [2.24, 2.45) is 11.8 Å². The first kappa shape index (κ1) is 6.39. The lowest BCUT2D eigenvalue weighted by Crippen LogP contribution is -2.27. The van der Waals surface area contributed by atoms with Crippen LogP contribution >= 0.6 is 0 Å². The highest BCUT2D eigenvalue weighted by molar-refractivity contribution is 5.82. The SMILES string of the molecule is [2H]C([2H])([2H])[C@@]1([2H])O[C@H]2CCC[C@H]2[C@@]1([2H])C(=O)CCCC. The first-order valence-electron chi connectivity index (χ1n) is 8.39. The topological polar surface area (TPSA) is 26.3 Å². The first-order chi connectivity index (χ1) is 9.18. The number of unbranched alkanes of at least 4 members (excludes halogenated alkanes) is 1. The van der Waals surface area contributed by atoms with Crippen LogP contribution in [-0.4, -0.2) is 18.0 Å². The van der Waals surface area contributed by atoms with Gasteiger partial charge in [-0.25, -0.2) is 0 Å². The minimum absolute atomic E-state index is 0.156. The number of Topliss-reactive ketones (excluding diaryl/α,β-unsaturated/α-hetero) is 1. The molecule has 0 unspecified atom stereocenters. The molecule has 0 aromatic carbocycles. The third-order valence-corrected chi connectivity index (χ3v) is 3.39. The highest BCUT2D eigenvalue weighted by atomic mass is 16.5. The Labute approximate surface area is 99.4 Å². The molecule has 1 heterocycles. The summed E-state index contributed by atoms with van der Waals surface area (Å²) in [6.45, 7) is -0.855. The molecule has 0 spiro atoms. The van der Waals surface area contributed by atoms with Crippen LogP contribution < -0.4 is 0 Å². The van der Waals surface area contributed by atoms with Gasteiger partial charge in [0.15, 0.2) is 0 Å². The molecule has 0 radical (unpaired) electrons. The Hall–Kier alpha value is -0.370. The van der Waals surface area contributed by atoms with E-state index in [2.05, 4.69) is 0 Å². The van der Waals surface area contributed by atoms with Gasteiger partial charge in [0.2, 0.25) is 0 Å². The molecule has 4 atom stereocenters. The average molecular weight is 215 g/mol. The lowest BCUT2D eigenvalue weighted by Gasteiger charge is -2.17. The van der Waals surface area contributed by atoms with Gasteiger partial charge in [-0.2, -0.15) is 0 Å². The van der Waals surface area contributed by atoms with Crippen molar-refractivity contribution in [3.63, 3.8) is 0 Å². The summed E-state index contributed by atoms with van der Waals surface area (Å²) < 4.78 is 45.0. The average Bonchev–Trinajstić information content (AvgIpc) is 2.88. The molecular formula is C13H22O2. The maximum Gasteiger partial charge on any atom is 0.138 e. The van der Waals surface area contributed by atoms with Crippen molar-refractivity contribution < 1.29 is 16.4 Å². The van der Waals surface area contributed by atoms with Crippen molar-refractivity contribution in [3.8, 4) is 0 Å². The molecule has 0 N–H and O–H groups in total. The zero-order chi connectivity index (χ0) is 15.2. The van der Waals surface area contributed by atoms with Crippen LogP contribution in [0.3, 0.4) is 0 Å². The molecule has 1 aliphatic heterocycles. The van der Waals surface area contributed by atoms with E-state index in [0.29, 0.717) is 19.3 Å². The van der Waals surface area contributed by atoms with Gasteiger partial charge < -0.3 is 4.74 Å². The molecule has 0 amide bonds. The molecule has 2 rings (SSSR count). The van der Waals surface area contributed by atoms with E-state index in [0.717, 1.165) is 12.8 Å². The maximum atomic E-state index is 12.5. The number of carbonyl (C=O) groups is 1. The van der Waals surface area contributed by atoms with Crippen LogP contribution in [0.4, 0.5) is 0 Å². The van der Waals surface area contributed by atoms with Crippen molar-refractivity contribution in [2.45, 2.75) is 64.5 Å². The fourth-order valence-corrected chi connectivity index (χ4v) is 2.59.